The quantitative estimate of drug-likeness (QED) is 0.937. The molecule has 0 saturated heterocycles. The maximum atomic E-state index is 8.80. The van der Waals surface area contributed by atoms with Gasteiger partial charge in [0.25, 0.3) is 0 Å². The second-order valence-corrected chi connectivity index (χ2v) is 6.16. The minimum Gasteiger partial charge on any atom is -0.304 e. The van der Waals surface area contributed by atoms with E-state index in [9.17, 15) is 0 Å². The maximum absolute atomic E-state index is 8.80. The van der Waals surface area contributed by atoms with Crippen LogP contribution in [-0.4, -0.2) is 15.0 Å². The fourth-order valence-corrected chi connectivity index (χ4v) is 1.93. The highest BCUT2D eigenvalue weighted by molar-refractivity contribution is 5.32. The van der Waals surface area contributed by atoms with Crippen LogP contribution in [0, 0.1) is 11.3 Å². The Morgan fingerprint density at radius 3 is 2.48 bits per heavy atom. The molecule has 0 radical (unpaired) electrons. The lowest BCUT2D eigenvalue weighted by Crippen LogP contribution is -2.22. The molecule has 0 aliphatic carbocycles. The SMILES string of the molecule is CC(NCc1cn(C(C)(C)C)nn1)c1ccc(C#N)cc1. The van der Waals surface area contributed by atoms with Gasteiger partial charge in [-0.2, -0.15) is 5.26 Å². The number of hydrogen-bond donors (Lipinski definition) is 1. The molecule has 0 amide bonds. The van der Waals surface area contributed by atoms with Crippen molar-refractivity contribution in [1.29, 1.82) is 5.26 Å². The number of rotatable bonds is 4. The summed E-state index contributed by atoms with van der Waals surface area (Å²) in [5.74, 6) is 0. The van der Waals surface area contributed by atoms with Crippen molar-refractivity contribution >= 4 is 0 Å². The topological polar surface area (TPSA) is 66.5 Å². The van der Waals surface area contributed by atoms with Gasteiger partial charge in [0.1, 0.15) is 0 Å². The van der Waals surface area contributed by atoms with Gasteiger partial charge in [-0.25, -0.2) is 4.68 Å². The summed E-state index contributed by atoms with van der Waals surface area (Å²) in [5.41, 5.74) is 2.70. The molecule has 2 aromatic rings. The standard InChI is InChI=1S/C16H21N5/c1-12(14-7-5-13(9-17)6-8-14)18-10-15-11-21(20-19-15)16(2,3)4/h5-8,11-12,18H,10H2,1-4H3. The molecule has 5 nitrogen and oxygen atoms in total. The first-order valence-electron chi connectivity index (χ1n) is 7.05. The molecule has 0 fully saturated rings. The molecule has 0 aliphatic rings. The summed E-state index contributed by atoms with van der Waals surface area (Å²) < 4.78 is 1.87. The van der Waals surface area contributed by atoms with E-state index in [1.54, 1.807) is 0 Å². The molecule has 1 unspecified atom stereocenters. The molecule has 2 rings (SSSR count). The molecule has 0 saturated carbocycles. The van der Waals surface area contributed by atoms with Gasteiger partial charge in [0.15, 0.2) is 0 Å². The fourth-order valence-electron chi connectivity index (χ4n) is 1.93. The van der Waals surface area contributed by atoms with Crippen molar-refractivity contribution in [1.82, 2.24) is 20.3 Å². The van der Waals surface area contributed by atoms with Crippen molar-refractivity contribution in [3.05, 3.63) is 47.3 Å². The first-order chi connectivity index (χ1) is 9.90. The zero-order valence-corrected chi connectivity index (χ0v) is 13.0. The van der Waals surface area contributed by atoms with E-state index in [1.807, 2.05) is 35.1 Å². The Morgan fingerprint density at radius 2 is 1.95 bits per heavy atom. The van der Waals surface area contributed by atoms with E-state index in [2.05, 4.69) is 49.4 Å². The molecule has 0 aliphatic heterocycles. The number of hydrogen-bond acceptors (Lipinski definition) is 4. The van der Waals surface area contributed by atoms with Crippen LogP contribution in [0.1, 0.15) is 50.6 Å². The molecule has 1 aromatic heterocycles. The molecular formula is C16H21N5. The third-order valence-corrected chi connectivity index (χ3v) is 3.36. The molecular weight excluding hydrogens is 262 g/mol. The lowest BCUT2D eigenvalue weighted by molar-refractivity contribution is 0.347. The van der Waals surface area contributed by atoms with Gasteiger partial charge < -0.3 is 5.32 Å². The maximum Gasteiger partial charge on any atom is 0.0991 e. The van der Waals surface area contributed by atoms with Crippen LogP contribution in [0.25, 0.3) is 0 Å². The molecule has 1 N–H and O–H groups in total. The minimum atomic E-state index is -0.0516. The van der Waals surface area contributed by atoms with E-state index in [0.717, 1.165) is 11.3 Å². The molecule has 1 atom stereocenters. The second kappa shape index (κ2) is 6.06. The molecule has 21 heavy (non-hydrogen) atoms. The number of nitrogens with zero attached hydrogens (tertiary/aromatic N) is 4. The summed E-state index contributed by atoms with van der Waals surface area (Å²) in [7, 11) is 0. The van der Waals surface area contributed by atoms with E-state index in [-0.39, 0.29) is 11.6 Å². The first kappa shape index (κ1) is 15.2. The Balaban J connectivity index is 1.96. The molecule has 110 valence electrons. The average Bonchev–Trinajstić information content (AvgIpc) is 2.94. The van der Waals surface area contributed by atoms with Crippen molar-refractivity contribution in [2.24, 2.45) is 0 Å². The monoisotopic (exact) mass is 283 g/mol. The van der Waals surface area contributed by atoms with Gasteiger partial charge in [-0.3, -0.25) is 0 Å². The van der Waals surface area contributed by atoms with Crippen LogP contribution >= 0.6 is 0 Å². The minimum absolute atomic E-state index is 0.0516. The van der Waals surface area contributed by atoms with E-state index in [0.29, 0.717) is 12.1 Å². The van der Waals surface area contributed by atoms with Crippen molar-refractivity contribution in [3.8, 4) is 6.07 Å². The largest absolute Gasteiger partial charge is 0.304 e. The molecule has 0 spiro atoms. The van der Waals surface area contributed by atoms with Gasteiger partial charge in [-0.15, -0.1) is 5.10 Å². The molecule has 1 aromatic carbocycles. The molecule has 1 heterocycles. The number of nitrogens with one attached hydrogen (secondary N) is 1. The molecule has 0 bridgehead atoms. The highest BCUT2D eigenvalue weighted by atomic mass is 15.4. The zero-order chi connectivity index (χ0) is 15.5. The summed E-state index contributed by atoms with van der Waals surface area (Å²) in [6, 6.07) is 9.94. The number of nitriles is 1. The number of aromatic nitrogens is 3. The smallest absolute Gasteiger partial charge is 0.0991 e. The average molecular weight is 283 g/mol. The van der Waals surface area contributed by atoms with Crippen LogP contribution in [0.15, 0.2) is 30.5 Å². The van der Waals surface area contributed by atoms with E-state index < -0.39 is 0 Å². The predicted octanol–water partition coefficient (Wildman–Crippen LogP) is 2.76. The van der Waals surface area contributed by atoms with Crippen molar-refractivity contribution < 1.29 is 0 Å². The van der Waals surface area contributed by atoms with Crippen LogP contribution in [-0.2, 0) is 12.1 Å². The highest BCUT2D eigenvalue weighted by Crippen LogP contribution is 2.15. The predicted molar refractivity (Wildman–Crippen MR) is 81.4 cm³/mol. The second-order valence-electron chi connectivity index (χ2n) is 6.16. The van der Waals surface area contributed by atoms with Gasteiger partial charge in [-0.1, -0.05) is 17.3 Å². The Morgan fingerprint density at radius 1 is 1.29 bits per heavy atom. The van der Waals surface area contributed by atoms with Gasteiger partial charge in [0.2, 0.25) is 0 Å². The molecule has 5 heteroatoms. The summed E-state index contributed by atoms with van der Waals surface area (Å²) in [5, 5.41) is 20.6. The fraction of sp³-hybridized carbons (Fsp3) is 0.438. The van der Waals surface area contributed by atoms with Crippen LogP contribution in [0.3, 0.4) is 0 Å². The third kappa shape index (κ3) is 3.89. The van der Waals surface area contributed by atoms with Gasteiger partial charge >= 0.3 is 0 Å². The van der Waals surface area contributed by atoms with Crippen LogP contribution in [0.2, 0.25) is 0 Å². The zero-order valence-electron chi connectivity index (χ0n) is 13.0. The Hall–Kier alpha value is -2.19. The summed E-state index contributed by atoms with van der Waals surface area (Å²) in [6.45, 7) is 9.04. The summed E-state index contributed by atoms with van der Waals surface area (Å²) in [4.78, 5) is 0. The normalized spacial score (nSPS) is 12.9. The summed E-state index contributed by atoms with van der Waals surface area (Å²) >= 11 is 0. The van der Waals surface area contributed by atoms with Crippen LogP contribution in [0.5, 0.6) is 0 Å². The van der Waals surface area contributed by atoms with Crippen molar-refractivity contribution in [3.63, 3.8) is 0 Å². The van der Waals surface area contributed by atoms with E-state index >= 15 is 0 Å². The van der Waals surface area contributed by atoms with Crippen LogP contribution in [0.4, 0.5) is 0 Å². The Labute approximate surface area is 125 Å². The van der Waals surface area contributed by atoms with Gasteiger partial charge in [-0.05, 0) is 45.4 Å². The number of benzene rings is 1. The van der Waals surface area contributed by atoms with Crippen molar-refractivity contribution in [2.75, 3.05) is 0 Å². The van der Waals surface area contributed by atoms with Crippen LogP contribution < -0.4 is 5.32 Å². The lowest BCUT2D eigenvalue weighted by atomic mass is 10.1. The van der Waals surface area contributed by atoms with E-state index in [4.69, 9.17) is 5.26 Å². The van der Waals surface area contributed by atoms with E-state index in [1.165, 1.54) is 0 Å². The highest BCUT2D eigenvalue weighted by Gasteiger charge is 2.15. The lowest BCUT2D eigenvalue weighted by Gasteiger charge is -2.17. The Bertz CT molecular complexity index is 628. The first-order valence-corrected chi connectivity index (χ1v) is 7.05. The Kier molecular flexibility index (Phi) is 4.39. The third-order valence-electron chi connectivity index (χ3n) is 3.36. The van der Waals surface area contributed by atoms with Crippen molar-refractivity contribution in [2.45, 2.75) is 45.8 Å². The van der Waals surface area contributed by atoms with Gasteiger partial charge in [0, 0.05) is 12.6 Å². The van der Waals surface area contributed by atoms with Gasteiger partial charge in [0.05, 0.1) is 29.1 Å². The summed E-state index contributed by atoms with van der Waals surface area (Å²) in [6.07, 6.45) is 1.97.